The molecule has 1 N–H and O–H groups in total. The average molecular weight is 308 g/mol. The maximum Gasteiger partial charge on any atom is 0.433 e. The van der Waals surface area contributed by atoms with Crippen LogP contribution in [0, 0.1) is 5.92 Å². The summed E-state index contributed by atoms with van der Waals surface area (Å²) in [6.07, 6.45) is -0.680. The smallest absolute Gasteiger partial charge is 0.385 e. The van der Waals surface area contributed by atoms with E-state index >= 15 is 0 Å². The van der Waals surface area contributed by atoms with E-state index in [9.17, 15) is 18.3 Å². The zero-order valence-corrected chi connectivity index (χ0v) is 11.9. The molecule has 2 rings (SSSR count). The van der Waals surface area contributed by atoms with Gasteiger partial charge in [0.2, 0.25) is 0 Å². The van der Waals surface area contributed by atoms with Crippen molar-refractivity contribution >= 4 is 11.6 Å². The number of halogens is 4. The molecule has 1 aromatic heterocycles. The van der Waals surface area contributed by atoms with Crippen LogP contribution in [0.25, 0.3) is 0 Å². The maximum atomic E-state index is 12.6. The highest BCUT2D eigenvalue weighted by Gasteiger charge is 2.39. The van der Waals surface area contributed by atoms with Crippen LogP contribution < -0.4 is 0 Å². The van der Waals surface area contributed by atoms with E-state index in [1.165, 1.54) is 6.07 Å². The largest absolute Gasteiger partial charge is 0.433 e. The van der Waals surface area contributed by atoms with E-state index in [0.717, 1.165) is 25.3 Å². The molecule has 0 bridgehead atoms. The standard InChI is InChI=1S/C14H17ClF3NO/c1-2-9-4-3-7-13(20,8-9)10-5-6-11(14(16,17)18)19-12(10)15/h5-6,9,20H,2-4,7-8H2,1H3. The number of alkyl halides is 3. The van der Waals surface area contributed by atoms with E-state index in [0.29, 0.717) is 24.3 Å². The Bertz CT molecular complexity index is 492. The Labute approximate surface area is 121 Å². The summed E-state index contributed by atoms with van der Waals surface area (Å²) in [6, 6.07) is 2.14. The van der Waals surface area contributed by atoms with Gasteiger partial charge in [-0.3, -0.25) is 0 Å². The minimum atomic E-state index is -4.52. The van der Waals surface area contributed by atoms with Gasteiger partial charge in [0.15, 0.2) is 0 Å². The van der Waals surface area contributed by atoms with Gasteiger partial charge in [0.05, 0.1) is 5.60 Å². The van der Waals surface area contributed by atoms with Crippen LogP contribution in [0.5, 0.6) is 0 Å². The van der Waals surface area contributed by atoms with Gasteiger partial charge < -0.3 is 5.11 Å². The summed E-state index contributed by atoms with van der Waals surface area (Å²) in [5.74, 6) is 0.368. The third kappa shape index (κ3) is 3.09. The van der Waals surface area contributed by atoms with Crippen LogP contribution in [0.2, 0.25) is 5.15 Å². The second-order valence-corrected chi connectivity index (χ2v) is 5.79. The molecule has 0 aromatic carbocycles. The molecule has 0 radical (unpaired) electrons. The van der Waals surface area contributed by atoms with Crippen molar-refractivity contribution in [1.29, 1.82) is 0 Å². The Morgan fingerprint density at radius 2 is 2.15 bits per heavy atom. The molecule has 1 aromatic rings. The number of pyridine rings is 1. The number of hydrogen-bond acceptors (Lipinski definition) is 2. The van der Waals surface area contributed by atoms with E-state index in [4.69, 9.17) is 11.6 Å². The summed E-state index contributed by atoms with van der Waals surface area (Å²) < 4.78 is 37.7. The van der Waals surface area contributed by atoms with Crippen molar-refractivity contribution in [3.05, 3.63) is 28.5 Å². The first-order valence-corrected chi connectivity index (χ1v) is 7.10. The number of rotatable bonds is 2. The topological polar surface area (TPSA) is 33.1 Å². The van der Waals surface area contributed by atoms with Crippen LogP contribution in [-0.4, -0.2) is 10.1 Å². The fourth-order valence-electron chi connectivity index (χ4n) is 2.90. The van der Waals surface area contributed by atoms with Crippen molar-refractivity contribution in [2.45, 2.75) is 50.8 Å². The van der Waals surface area contributed by atoms with E-state index in [1.54, 1.807) is 0 Å². The number of aromatic nitrogens is 1. The van der Waals surface area contributed by atoms with Gasteiger partial charge in [-0.15, -0.1) is 0 Å². The van der Waals surface area contributed by atoms with Crippen molar-refractivity contribution in [1.82, 2.24) is 4.98 Å². The van der Waals surface area contributed by atoms with Gasteiger partial charge in [0.1, 0.15) is 10.8 Å². The van der Waals surface area contributed by atoms with Crippen LogP contribution in [0.15, 0.2) is 12.1 Å². The van der Waals surface area contributed by atoms with Gasteiger partial charge in [-0.25, -0.2) is 4.98 Å². The third-order valence-corrected chi connectivity index (χ3v) is 4.34. The molecule has 1 aliphatic rings. The predicted molar refractivity (Wildman–Crippen MR) is 70.4 cm³/mol. The van der Waals surface area contributed by atoms with Crippen LogP contribution >= 0.6 is 11.6 Å². The predicted octanol–water partition coefficient (Wildman–Crippen LogP) is 4.54. The van der Waals surface area contributed by atoms with Gasteiger partial charge in [-0.2, -0.15) is 13.2 Å². The quantitative estimate of drug-likeness (QED) is 0.814. The summed E-state index contributed by atoms with van der Waals surface area (Å²) in [5.41, 5.74) is -1.88. The molecule has 1 heterocycles. The highest BCUT2D eigenvalue weighted by atomic mass is 35.5. The van der Waals surface area contributed by atoms with Crippen molar-refractivity contribution in [3.63, 3.8) is 0 Å². The van der Waals surface area contributed by atoms with Gasteiger partial charge in [0, 0.05) is 5.56 Å². The average Bonchev–Trinajstić information content (AvgIpc) is 2.37. The lowest BCUT2D eigenvalue weighted by Crippen LogP contribution is -2.33. The maximum absolute atomic E-state index is 12.6. The van der Waals surface area contributed by atoms with Crippen molar-refractivity contribution in [3.8, 4) is 0 Å². The molecule has 0 spiro atoms. The molecular formula is C14H17ClF3NO. The summed E-state index contributed by atoms with van der Waals surface area (Å²) in [7, 11) is 0. The first-order chi connectivity index (χ1) is 9.26. The van der Waals surface area contributed by atoms with Crippen LogP contribution in [0.4, 0.5) is 13.2 Å². The molecular weight excluding hydrogens is 291 g/mol. The molecule has 0 aliphatic heterocycles. The summed E-state index contributed by atoms with van der Waals surface area (Å²) >= 11 is 5.88. The Morgan fingerprint density at radius 3 is 2.70 bits per heavy atom. The second kappa shape index (κ2) is 5.53. The number of hydrogen-bond donors (Lipinski definition) is 1. The first kappa shape index (κ1) is 15.6. The minimum absolute atomic E-state index is 0.251. The third-order valence-electron chi connectivity index (χ3n) is 4.05. The molecule has 1 saturated carbocycles. The molecule has 0 amide bonds. The van der Waals surface area contributed by atoms with Gasteiger partial charge in [0.25, 0.3) is 0 Å². The molecule has 2 unspecified atom stereocenters. The number of nitrogens with zero attached hydrogens (tertiary/aromatic N) is 1. The molecule has 1 fully saturated rings. The number of aliphatic hydroxyl groups is 1. The fourth-order valence-corrected chi connectivity index (χ4v) is 3.23. The van der Waals surface area contributed by atoms with Gasteiger partial charge in [-0.1, -0.05) is 37.4 Å². The van der Waals surface area contributed by atoms with Crippen molar-refractivity contribution < 1.29 is 18.3 Å². The molecule has 0 saturated heterocycles. The van der Waals surface area contributed by atoms with Crippen LogP contribution in [0.1, 0.15) is 50.3 Å². The lowest BCUT2D eigenvalue weighted by Gasteiger charge is -2.37. The van der Waals surface area contributed by atoms with Gasteiger partial charge >= 0.3 is 6.18 Å². The molecule has 2 atom stereocenters. The lowest BCUT2D eigenvalue weighted by molar-refractivity contribution is -0.141. The Kier molecular flexibility index (Phi) is 4.30. The Morgan fingerprint density at radius 1 is 1.45 bits per heavy atom. The highest BCUT2D eigenvalue weighted by Crippen LogP contribution is 2.43. The molecule has 1 aliphatic carbocycles. The Balaban J connectivity index is 2.33. The summed E-state index contributed by atoms with van der Waals surface area (Å²) in [6.45, 7) is 2.04. The highest BCUT2D eigenvalue weighted by molar-refractivity contribution is 6.30. The molecule has 20 heavy (non-hydrogen) atoms. The van der Waals surface area contributed by atoms with E-state index in [1.807, 2.05) is 6.92 Å². The SMILES string of the molecule is CCC1CCCC(O)(c2ccc(C(F)(F)F)nc2Cl)C1. The Hall–Kier alpha value is -0.810. The molecule has 6 heteroatoms. The lowest BCUT2D eigenvalue weighted by atomic mass is 9.74. The molecule has 112 valence electrons. The zero-order valence-electron chi connectivity index (χ0n) is 11.2. The normalized spacial score (nSPS) is 27.6. The van der Waals surface area contributed by atoms with Gasteiger partial charge in [-0.05, 0) is 31.2 Å². The fraction of sp³-hybridized carbons (Fsp3) is 0.643. The first-order valence-electron chi connectivity index (χ1n) is 6.73. The van der Waals surface area contributed by atoms with Crippen LogP contribution in [-0.2, 0) is 11.8 Å². The van der Waals surface area contributed by atoms with Crippen LogP contribution in [0.3, 0.4) is 0 Å². The zero-order chi connectivity index (χ0) is 15.0. The van der Waals surface area contributed by atoms with Crippen molar-refractivity contribution in [2.75, 3.05) is 0 Å². The van der Waals surface area contributed by atoms with E-state index in [-0.39, 0.29) is 5.15 Å². The van der Waals surface area contributed by atoms with E-state index < -0.39 is 17.5 Å². The minimum Gasteiger partial charge on any atom is -0.385 e. The summed E-state index contributed by atoms with van der Waals surface area (Å²) in [4.78, 5) is 3.40. The van der Waals surface area contributed by atoms with E-state index in [2.05, 4.69) is 4.98 Å². The summed E-state index contributed by atoms with van der Waals surface area (Å²) in [5, 5.41) is 10.5. The monoisotopic (exact) mass is 307 g/mol. The van der Waals surface area contributed by atoms with Crippen molar-refractivity contribution in [2.24, 2.45) is 5.92 Å². The second-order valence-electron chi connectivity index (χ2n) is 5.43. The molecule has 2 nitrogen and oxygen atoms in total.